The largest absolute Gasteiger partial charge is 0.394 e. The second-order valence-electron chi connectivity index (χ2n) is 5.64. The Bertz CT molecular complexity index is 382. The van der Waals surface area contributed by atoms with Gasteiger partial charge in [0.1, 0.15) is 0 Å². The Morgan fingerprint density at radius 2 is 1.96 bits per heavy atom. The molecule has 3 N–H and O–H groups in total. The minimum absolute atomic E-state index is 0.122. The summed E-state index contributed by atoms with van der Waals surface area (Å²) >= 11 is 0. The van der Waals surface area contributed by atoms with Crippen LogP contribution in [-0.2, 0) is 19.1 Å². The number of hydrogen-bond acceptors (Lipinski definition) is 6. The normalized spacial score (nSPS) is 19.2. The van der Waals surface area contributed by atoms with Crippen LogP contribution < -0.4 is 5.32 Å². The first kappa shape index (κ1) is 26.0. The van der Waals surface area contributed by atoms with Gasteiger partial charge in [-0.1, -0.05) is 13.0 Å². The number of methoxy groups -OCH3 is 1. The summed E-state index contributed by atoms with van der Waals surface area (Å²) in [5, 5.41) is 18.8. The number of hydrogen-bond donors (Lipinski definition) is 3. The maximum absolute atomic E-state index is 11.1. The van der Waals surface area contributed by atoms with Gasteiger partial charge in [0.25, 0.3) is 5.91 Å². The van der Waals surface area contributed by atoms with E-state index in [-0.39, 0.29) is 31.1 Å². The molecule has 1 fully saturated rings. The van der Waals surface area contributed by atoms with Crippen LogP contribution in [0.5, 0.6) is 0 Å². The molecule has 2 unspecified atom stereocenters. The second kappa shape index (κ2) is 17.5. The van der Waals surface area contributed by atoms with Gasteiger partial charge in [0.15, 0.2) is 0 Å². The molecule has 1 aliphatic heterocycles. The third-order valence-electron chi connectivity index (χ3n) is 3.34. The zero-order valence-electron chi connectivity index (χ0n) is 16.2. The van der Waals surface area contributed by atoms with Crippen LogP contribution in [0.3, 0.4) is 0 Å². The van der Waals surface area contributed by atoms with Gasteiger partial charge in [-0.25, -0.2) is 0 Å². The summed E-state index contributed by atoms with van der Waals surface area (Å²) in [6.07, 6.45) is 5.46. The van der Waals surface area contributed by atoms with Crippen LogP contribution in [0, 0.1) is 0 Å². The van der Waals surface area contributed by atoms with Crippen molar-refractivity contribution in [3.05, 3.63) is 11.6 Å². The van der Waals surface area contributed by atoms with E-state index in [1.165, 1.54) is 0 Å². The Morgan fingerprint density at radius 1 is 1.32 bits per heavy atom. The summed E-state index contributed by atoms with van der Waals surface area (Å²) in [5.41, 5.74) is 0.569. The molecule has 1 saturated heterocycles. The van der Waals surface area contributed by atoms with Crippen molar-refractivity contribution in [2.75, 3.05) is 26.9 Å². The Kier molecular flexibility index (Phi) is 18.2. The molecule has 7 nitrogen and oxygen atoms in total. The van der Waals surface area contributed by atoms with Gasteiger partial charge < -0.3 is 19.7 Å². The highest BCUT2D eigenvalue weighted by molar-refractivity contribution is 6.03. The van der Waals surface area contributed by atoms with E-state index < -0.39 is 0 Å². The summed E-state index contributed by atoms with van der Waals surface area (Å²) in [6.45, 7) is 8.12. The number of carbonyl (C=O) groups is 2. The first-order valence-electron chi connectivity index (χ1n) is 8.69. The molecular formula is C18H35NO6. The first-order chi connectivity index (χ1) is 11.9. The average Bonchev–Trinajstić information content (AvgIpc) is 3.01. The van der Waals surface area contributed by atoms with E-state index in [0.29, 0.717) is 24.7 Å². The summed E-state index contributed by atoms with van der Waals surface area (Å²) in [6, 6.07) is 0. The highest BCUT2D eigenvalue weighted by atomic mass is 16.5. The SMILES string of the molecule is C/C=C(/C)C(=O)NC(=O)CCC.CC1CCC(CO)O1.COCCO. The Balaban J connectivity index is 0. The van der Waals surface area contributed by atoms with Crippen molar-refractivity contribution in [2.24, 2.45) is 0 Å². The molecule has 25 heavy (non-hydrogen) atoms. The fourth-order valence-corrected chi connectivity index (χ4v) is 1.76. The Hall–Kier alpha value is -1.28. The van der Waals surface area contributed by atoms with Gasteiger partial charge >= 0.3 is 0 Å². The zero-order valence-corrected chi connectivity index (χ0v) is 16.2. The van der Waals surface area contributed by atoms with Crippen LogP contribution in [0.25, 0.3) is 0 Å². The van der Waals surface area contributed by atoms with Gasteiger partial charge in [-0.3, -0.25) is 14.9 Å². The van der Waals surface area contributed by atoms with Crippen molar-refractivity contribution < 1.29 is 29.3 Å². The van der Waals surface area contributed by atoms with Crippen LogP contribution in [-0.4, -0.2) is 61.2 Å². The van der Waals surface area contributed by atoms with Gasteiger partial charge in [-0.2, -0.15) is 0 Å². The van der Waals surface area contributed by atoms with Gasteiger partial charge in [-0.15, -0.1) is 0 Å². The molecule has 0 aromatic carbocycles. The topological polar surface area (TPSA) is 105 Å². The molecule has 1 heterocycles. The Labute approximate surface area is 151 Å². The number of nitrogens with one attached hydrogen (secondary N) is 1. The summed E-state index contributed by atoms with van der Waals surface area (Å²) < 4.78 is 9.70. The summed E-state index contributed by atoms with van der Waals surface area (Å²) in [7, 11) is 1.55. The molecule has 0 spiro atoms. The summed E-state index contributed by atoms with van der Waals surface area (Å²) in [5.74, 6) is -0.500. The van der Waals surface area contributed by atoms with E-state index in [2.05, 4.69) is 10.1 Å². The second-order valence-corrected chi connectivity index (χ2v) is 5.64. The number of imide groups is 1. The molecule has 0 saturated carbocycles. The first-order valence-corrected chi connectivity index (χ1v) is 8.69. The lowest BCUT2D eigenvalue weighted by molar-refractivity contribution is -0.128. The van der Waals surface area contributed by atoms with E-state index in [0.717, 1.165) is 19.3 Å². The van der Waals surface area contributed by atoms with Gasteiger partial charge in [0.2, 0.25) is 5.91 Å². The van der Waals surface area contributed by atoms with Crippen LogP contribution in [0.15, 0.2) is 11.6 Å². The molecule has 1 rings (SSSR count). The third-order valence-corrected chi connectivity index (χ3v) is 3.34. The molecular weight excluding hydrogens is 326 g/mol. The van der Waals surface area contributed by atoms with Gasteiger partial charge in [0.05, 0.1) is 32.0 Å². The molecule has 2 atom stereocenters. The standard InChI is InChI=1S/C9H15NO2.C6H12O2.C3H8O2/c1-4-6-8(11)10-9(12)7(3)5-2;1-5-2-3-6(4-7)8-5;1-5-3-2-4/h5H,4,6H2,1-3H3,(H,10,11,12);5-7H,2-4H2,1H3;4H,2-3H2,1H3/b7-5-;;. The highest BCUT2D eigenvalue weighted by Crippen LogP contribution is 2.17. The minimum atomic E-state index is -0.295. The van der Waals surface area contributed by atoms with Crippen molar-refractivity contribution in [2.45, 2.75) is 65.6 Å². The highest BCUT2D eigenvalue weighted by Gasteiger charge is 2.19. The van der Waals surface area contributed by atoms with Crippen molar-refractivity contribution in [1.29, 1.82) is 0 Å². The molecule has 148 valence electrons. The molecule has 0 aliphatic carbocycles. The number of carbonyl (C=O) groups excluding carboxylic acids is 2. The third kappa shape index (κ3) is 16.0. The van der Waals surface area contributed by atoms with E-state index in [4.69, 9.17) is 14.9 Å². The Morgan fingerprint density at radius 3 is 2.24 bits per heavy atom. The van der Waals surface area contributed by atoms with E-state index in [1.54, 1.807) is 27.0 Å². The molecule has 7 heteroatoms. The van der Waals surface area contributed by atoms with Gasteiger partial charge in [-0.05, 0) is 40.0 Å². The van der Waals surface area contributed by atoms with Crippen molar-refractivity contribution >= 4 is 11.8 Å². The van der Waals surface area contributed by atoms with Crippen molar-refractivity contribution in [3.63, 3.8) is 0 Å². The monoisotopic (exact) mass is 361 g/mol. The van der Waals surface area contributed by atoms with Gasteiger partial charge in [0, 0.05) is 19.1 Å². The lowest BCUT2D eigenvalue weighted by Crippen LogP contribution is -2.30. The maximum atomic E-state index is 11.1. The number of rotatable bonds is 6. The molecule has 2 amide bonds. The molecule has 0 aromatic rings. The lowest BCUT2D eigenvalue weighted by Gasteiger charge is -2.05. The van der Waals surface area contributed by atoms with Crippen LogP contribution >= 0.6 is 0 Å². The van der Waals surface area contributed by atoms with E-state index in [1.807, 2.05) is 13.8 Å². The number of aliphatic hydroxyl groups excluding tert-OH is 2. The zero-order chi connectivity index (χ0) is 19.7. The number of ether oxygens (including phenoxy) is 2. The van der Waals surface area contributed by atoms with E-state index in [9.17, 15) is 9.59 Å². The smallest absolute Gasteiger partial charge is 0.253 e. The predicted octanol–water partition coefficient (Wildman–Crippen LogP) is 1.57. The van der Waals surface area contributed by atoms with Crippen LogP contribution in [0.2, 0.25) is 0 Å². The summed E-state index contributed by atoms with van der Waals surface area (Å²) in [4.78, 5) is 22.0. The number of aliphatic hydroxyl groups is 2. The number of allylic oxidation sites excluding steroid dienone is 1. The molecule has 0 radical (unpaired) electrons. The predicted molar refractivity (Wildman–Crippen MR) is 97.1 cm³/mol. The lowest BCUT2D eigenvalue weighted by atomic mass is 10.2. The number of amides is 2. The molecule has 0 aromatic heterocycles. The minimum Gasteiger partial charge on any atom is -0.394 e. The van der Waals surface area contributed by atoms with Crippen molar-refractivity contribution in [1.82, 2.24) is 5.32 Å². The fraction of sp³-hybridized carbons (Fsp3) is 0.778. The van der Waals surface area contributed by atoms with Crippen molar-refractivity contribution in [3.8, 4) is 0 Å². The maximum Gasteiger partial charge on any atom is 0.253 e. The molecule has 0 bridgehead atoms. The molecule has 1 aliphatic rings. The average molecular weight is 361 g/mol. The van der Waals surface area contributed by atoms with Crippen LogP contribution in [0.4, 0.5) is 0 Å². The van der Waals surface area contributed by atoms with Crippen LogP contribution in [0.1, 0.15) is 53.4 Å². The fourth-order valence-electron chi connectivity index (χ4n) is 1.76. The van der Waals surface area contributed by atoms with E-state index >= 15 is 0 Å². The quantitative estimate of drug-likeness (QED) is 0.620.